The van der Waals surface area contributed by atoms with E-state index >= 15 is 0 Å². The van der Waals surface area contributed by atoms with Gasteiger partial charge in [0.15, 0.2) is 5.78 Å². The Hall–Kier alpha value is -3.72. The number of alkyl halides is 3. The number of aliphatic hydroxyl groups is 1. The Balaban J connectivity index is 2.01. The number of piperidine rings is 1. The van der Waals surface area contributed by atoms with Gasteiger partial charge in [0.25, 0.3) is 0 Å². The molecule has 1 fully saturated rings. The molecule has 4 amide bonds. The molecule has 15 heteroatoms. The number of anilines is 1. The molecule has 0 saturated carbocycles. The molecule has 1 aliphatic rings. The van der Waals surface area contributed by atoms with Crippen LogP contribution in [0.2, 0.25) is 0 Å². The molecule has 258 valence electrons. The van der Waals surface area contributed by atoms with E-state index in [4.69, 9.17) is 5.73 Å². The first-order valence-corrected chi connectivity index (χ1v) is 15.4. The van der Waals surface area contributed by atoms with Crippen molar-refractivity contribution in [1.29, 1.82) is 0 Å². The number of ketones is 1. The van der Waals surface area contributed by atoms with Crippen molar-refractivity contribution in [2.24, 2.45) is 23.5 Å². The molecule has 1 aliphatic heterocycles. The third-order valence-electron chi connectivity index (χ3n) is 8.06. The molecular formula is C31H46F3N5O7. The van der Waals surface area contributed by atoms with Crippen molar-refractivity contribution in [3.63, 3.8) is 0 Å². The van der Waals surface area contributed by atoms with Gasteiger partial charge in [-0.3, -0.25) is 24.1 Å². The number of rotatable bonds is 17. The van der Waals surface area contributed by atoms with Crippen molar-refractivity contribution in [3.8, 4) is 0 Å². The second kappa shape index (κ2) is 18.4. The van der Waals surface area contributed by atoms with Gasteiger partial charge in [0, 0.05) is 31.0 Å². The molecule has 4 atom stereocenters. The maximum atomic E-state index is 13.7. The Morgan fingerprint density at radius 2 is 1.78 bits per heavy atom. The Morgan fingerprint density at radius 3 is 2.35 bits per heavy atom. The number of likely N-dealkylation sites (tertiary alicyclic amines) is 1. The number of nitrogens with zero attached hydrogens (tertiary/aromatic N) is 1. The van der Waals surface area contributed by atoms with Gasteiger partial charge in [0.05, 0.1) is 25.7 Å². The third-order valence-corrected chi connectivity index (χ3v) is 8.06. The lowest BCUT2D eigenvalue weighted by atomic mass is 9.89. The summed E-state index contributed by atoms with van der Waals surface area (Å²) in [4.78, 5) is 63.5. The Labute approximate surface area is 267 Å². The minimum atomic E-state index is -4.55. The molecule has 1 aromatic rings. The summed E-state index contributed by atoms with van der Waals surface area (Å²) in [5.41, 5.74) is 6.23. The molecule has 12 nitrogen and oxygen atoms in total. The molecular weight excluding hydrogens is 611 g/mol. The van der Waals surface area contributed by atoms with Crippen LogP contribution < -0.4 is 21.7 Å². The number of benzene rings is 1. The molecule has 0 aromatic heterocycles. The highest BCUT2D eigenvalue weighted by atomic mass is 19.4. The highest BCUT2D eigenvalue weighted by Gasteiger charge is 2.48. The summed E-state index contributed by atoms with van der Waals surface area (Å²) in [5, 5.41) is 17.1. The van der Waals surface area contributed by atoms with Crippen LogP contribution in [0.4, 0.5) is 23.7 Å². The van der Waals surface area contributed by atoms with Gasteiger partial charge >= 0.3 is 18.2 Å². The van der Waals surface area contributed by atoms with Gasteiger partial charge in [0.2, 0.25) is 11.8 Å². The van der Waals surface area contributed by atoms with Gasteiger partial charge < -0.3 is 31.5 Å². The lowest BCUT2D eigenvalue weighted by molar-refractivity contribution is -0.198. The number of carbonyl (C=O) groups is 5. The Morgan fingerprint density at radius 1 is 1.11 bits per heavy atom. The lowest BCUT2D eigenvalue weighted by Crippen LogP contribution is -2.52. The van der Waals surface area contributed by atoms with Crippen LogP contribution in [-0.2, 0) is 30.5 Å². The zero-order valence-corrected chi connectivity index (χ0v) is 26.5. The number of nitrogens with two attached hydrogens (primary N) is 1. The number of methoxy groups -OCH3 is 1. The summed E-state index contributed by atoms with van der Waals surface area (Å²) in [6, 6.07) is 3.04. The van der Waals surface area contributed by atoms with E-state index < -0.39 is 60.3 Å². The number of halogens is 3. The summed E-state index contributed by atoms with van der Waals surface area (Å²) in [6.45, 7) is 3.51. The monoisotopic (exact) mass is 657 g/mol. The van der Waals surface area contributed by atoms with Crippen molar-refractivity contribution in [3.05, 3.63) is 29.8 Å². The van der Waals surface area contributed by atoms with Crippen LogP contribution in [0.3, 0.4) is 0 Å². The van der Waals surface area contributed by atoms with E-state index in [1.54, 1.807) is 38.1 Å². The molecule has 0 radical (unpaired) electrons. The van der Waals surface area contributed by atoms with E-state index in [9.17, 15) is 42.3 Å². The van der Waals surface area contributed by atoms with Gasteiger partial charge in [0.1, 0.15) is 6.04 Å². The van der Waals surface area contributed by atoms with Crippen LogP contribution in [0.5, 0.6) is 0 Å². The summed E-state index contributed by atoms with van der Waals surface area (Å²) in [7, 11) is 1.14. The second-order valence-electron chi connectivity index (χ2n) is 11.9. The SMILES string of the molecule is COC(=O)C1CCN(CCCC(=O)N[C@H](C(=O)C[C@@H](CCCNC(N)=O)C(=O)Nc2ccc(CO)cc2)C(C)C)C(C(F)(F)F)C1. The van der Waals surface area contributed by atoms with Crippen molar-refractivity contribution in [2.75, 3.05) is 32.1 Å². The quantitative estimate of drug-likeness (QED) is 0.125. The van der Waals surface area contributed by atoms with Crippen LogP contribution in [0.1, 0.15) is 64.4 Å². The zero-order chi connectivity index (χ0) is 34.4. The van der Waals surface area contributed by atoms with E-state index in [1.807, 2.05) is 0 Å². The predicted molar refractivity (Wildman–Crippen MR) is 163 cm³/mol. The fourth-order valence-corrected chi connectivity index (χ4v) is 5.50. The number of primary amides is 1. The summed E-state index contributed by atoms with van der Waals surface area (Å²) in [6.07, 6.45) is -4.37. The third kappa shape index (κ3) is 12.6. The largest absolute Gasteiger partial charge is 0.469 e. The smallest absolute Gasteiger partial charge is 0.404 e. The molecule has 2 rings (SSSR count). The number of urea groups is 1. The molecule has 1 saturated heterocycles. The molecule has 0 aliphatic carbocycles. The van der Waals surface area contributed by atoms with Crippen molar-refractivity contribution >= 4 is 35.3 Å². The molecule has 1 heterocycles. The topological polar surface area (TPSA) is 180 Å². The fraction of sp³-hybridized carbons (Fsp3) is 0.645. The number of Topliss-reactive ketones (excluding diaryl/α,β-unsaturated/α-hetero) is 1. The lowest BCUT2D eigenvalue weighted by Gasteiger charge is -2.39. The highest BCUT2D eigenvalue weighted by molar-refractivity contribution is 5.97. The van der Waals surface area contributed by atoms with Crippen molar-refractivity contribution in [2.45, 2.75) is 83.7 Å². The normalized spacial score (nSPS) is 18.3. The fourth-order valence-electron chi connectivity index (χ4n) is 5.50. The summed E-state index contributed by atoms with van der Waals surface area (Å²) in [5.74, 6) is -3.98. The average molecular weight is 658 g/mol. The van der Waals surface area contributed by atoms with Crippen LogP contribution >= 0.6 is 0 Å². The molecule has 46 heavy (non-hydrogen) atoms. The molecule has 2 unspecified atom stereocenters. The first kappa shape index (κ1) is 38.5. The zero-order valence-electron chi connectivity index (χ0n) is 26.5. The minimum Gasteiger partial charge on any atom is -0.469 e. The molecule has 1 aromatic carbocycles. The van der Waals surface area contributed by atoms with Gasteiger partial charge in [-0.05, 0) is 68.8 Å². The van der Waals surface area contributed by atoms with Gasteiger partial charge in [-0.15, -0.1) is 0 Å². The number of hydrogen-bond donors (Lipinski definition) is 5. The predicted octanol–water partition coefficient (Wildman–Crippen LogP) is 2.88. The van der Waals surface area contributed by atoms with E-state index in [0.29, 0.717) is 17.7 Å². The van der Waals surface area contributed by atoms with E-state index in [0.717, 1.165) is 7.11 Å². The van der Waals surface area contributed by atoms with Gasteiger partial charge in [-0.2, -0.15) is 13.2 Å². The van der Waals surface area contributed by atoms with E-state index in [1.165, 1.54) is 4.90 Å². The molecule has 0 bridgehead atoms. The first-order chi connectivity index (χ1) is 21.7. The Kier molecular flexibility index (Phi) is 15.4. The number of hydrogen-bond acceptors (Lipinski definition) is 8. The second-order valence-corrected chi connectivity index (χ2v) is 11.9. The number of carbonyl (C=O) groups excluding carboxylic acids is 5. The van der Waals surface area contributed by atoms with E-state index in [-0.39, 0.29) is 70.0 Å². The maximum Gasteiger partial charge on any atom is 0.404 e. The van der Waals surface area contributed by atoms with Gasteiger partial charge in [-0.25, -0.2) is 4.79 Å². The number of aliphatic hydroxyl groups excluding tert-OH is 1. The number of nitrogens with one attached hydrogen (secondary N) is 3. The summed E-state index contributed by atoms with van der Waals surface area (Å²) < 4.78 is 45.9. The van der Waals surface area contributed by atoms with Crippen molar-refractivity contribution < 1.29 is 47.0 Å². The number of amides is 4. The number of ether oxygens (including phenoxy) is 1. The van der Waals surface area contributed by atoms with E-state index in [2.05, 4.69) is 20.7 Å². The Bertz CT molecular complexity index is 1180. The number of esters is 1. The van der Waals surface area contributed by atoms with Crippen LogP contribution in [0, 0.1) is 17.8 Å². The van der Waals surface area contributed by atoms with Gasteiger partial charge in [-0.1, -0.05) is 26.0 Å². The minimum absolute atomic E-state index is 0.0212. The highest BCUT2D eigenvalue weighted by Crippen LogP contribution is 2.35. The molecule has 0 spiro atoms. The van der Waals surface area contributed by atoms with Crippen LogP contribution in [0.15, 0.2) is 24.3 Å². The molecule has 6 N–H and O–H groups in total. The van der Waals surface area contributed by atoms with Crippen LogP contribution in [0.25, 0.3) is 0 Å². The average Bonchev–Trinajstić information content (AvgIpc) is 3.00. The van der Waals surface area contributed by atoms with Crippen LogP contribution in [-0.4, -0.2) is 84.6 Å². The maximum absolute atomic E-state index is 13.7. The summed E-state index contributed by atoms with van der Waals surface area (Å²) >= 11 is 0. The standard InChI is InChI=1S/C31H46F3N5O7/c1-19(2)27(38-26(42)7-5-14-39-15-12-22(29(44)46-3)17-25(39)31(32,33)34)24(41)16-21(6-4-13-36-30(35)45)28(43)37-23-10-8-20(18-40)9-11-23/h8-11,19,21-22,25,27,40H,4-7,12-18H2,1-3H3,(H,37,43)(H,38,42)(H3,35,36,45)/t21-,22?,25?,27+/m1/s1. The van der Waals surface area contributed by atoms with Crippen molar-refractivity contribution in [1.82, 2.24) is 15.5 Å². The first-order valence-electron chi connectivity index (χ1n) is 15.4.